The van der Waals surface area contributed by atoms with Crippen LogP contribution in [0.5, 0.6) is 0 Å². The quantitative estimate of drug-likeness (QED) is 0.845. The zero-order valence-corrected chi connectivity index (χ0v) is 15.2. The number of hydrogen-bond acceptors (Lipinski definition) is 3. The molecule has 1 aliphatic carbocycles. The molecule has 0 bridgehead atoms. The van der Waals surface area contributed by atoms with Crippen LogP contribution in [0.1, 0.15) is 60.4 Å². The van der Waals surface area contributed by atoms with E-state index < -0.39 is 0 Å². The summed E-state index contributed by atoms with van der Waals surface area (Å²) in [7, 11) is 0. The number of morpholine rings is 1. The Balaban J connectivity index is 1.33. The third-order valence-electron chi connectivity index (χ3n) is 6.28. The maximum absolute atomic E-state index is 12.5. The number of carbonyl (C=O) groups is 1. The molecule has 0 atom stereocenters. The molecule has 1 aromatic rings. The summed E-state index contributed by atoms with van der Waals surface area (Å²) < 4.78 is 5.33. The van der Waals surface area contributed by atoms with Crippen molar-refractivity contribution in [3.63, 3.8) is 0 Å². The normalized spacial score (nSPS) is 28.2. The van der Waals surface area contributed by atoms with E-state index in [-0.39, 0.29) is 5.91 Å². The number of amides is 1. The molecule has 4 rings (SSSR count). The van der Waals surface area contributed by atoms with Crippen molar-refractivity contribution in [3.05, 3.63) is 35.4 Å². The molecule has 2 aliphatic heterocycles. The van der Waals surface area contributed by atoms with Gasteiger partial charge in [-0.05, 0) is 75.2 Å². The van der Waals surface area contributed by atoms with Crippen LogP contribution in [0, 0.1) is 0 Å². The van der Waals surface area contributed by atoms with E-state index >= 15 is 0 Å². The topological polar surface area (TPSA) is 32.8 Å². The monoisotopic (exact) mass is 342 g/mol. The van der Waals surface area contributed by atoms with E-state index in [0.717, 1.165) is 11.6 Å². The van der Waals surface area contributed by atoms with Crippen molar-refractivity contribution in [2.75, 3.05) is 39.4 Å². The summed E-state index contributed by atoms with van der Waals surface area (Å²) in [4.78, 5) is 17.2. The van der Waals surface area contributed by atoms with Crippen molar-refractivity contribution in [2.45, 2.75) is 50.5 Å². The Kier molecular flexibility index (Phi) is 5.37. The van der Waals surface area contributed by atoms with E-state index in [4.69, 9.17) is 4.74 Å². The highest BCUT2D eigenvalue weighted by molar-refractivity contribution is 5.94. The van der Waals surface area contributed by atoms with Gasteiger partial charge in [0.25, 0.3) is 5.91 Å². The van der Waals surface area contributed by atoms with Gasteiger partial charge in [0.2, 0.25) is 0 Å². The van der Waals surface area contributed by atoms with Gasteiger partial charge in [-0.25, -0.2) is 0 Å². The van der Waals surface area contributed by atoms with Gasteiger partial charge >= 0.3 is 0 Å². The molecular formula is C21H30N2O2. The van der Waals surface area contributed by atoms with Gasteiger partial charge in [-0.1, -0.05) is 12.1 Å². The maximum Gasteiger partial charge on any atom is 0.254 e. The average Bonchev–Trinajstić information content (AvgIpc) is 3.23. The van der Waals surface area contributed by atoms with Crippen molar-refractivity contribution < 1.29 is 9.53 Å². The lowest BCUT2D eigenvalue weighted by Crippen LogP contribution is -2.40. The van der Waals surface area contributed by atoms with Crippen LogP contribution >= 0.6 is 0 Å². The predicted molar refractivity (Wildman–Crippen MR) is 99.0 cm³/mol. The largest absolute Gasteiger partial charge is 0.378 e. The number of rotatable bonds is 3. The van der Waals surface area contributed by atoms with Gasteiger partial charge < -0.3 is 14.5 Å². The van der Waals surface area contributed by atoms with Crippen LogP contribution in [-0.2, 0) is 4.74 Å². The van der Waals surface area contributed by atoms with Gasteiger partial charge in [0.1, 0.15) is 0 Å². The zero-order chi connectivity index (χ0) is 17.1. The standard InChI is InChI=1S/C21H30N2O2/c24-21(23-13-15-25-16-14-23)19-5-3-17(4-6-19)18-7-9-20(10-8-18)22-11-1-2-12-22/h3-6,18,20H,1-2,7-16H2. The summed E-state index contributed by atoms with van der Waals surface area (Å²) in [5, 5.41) is 0. The van der Waals surface area contributed by atoms with Crippen molar-refractivity contribution in [3.8, 4) is 0 Å². The first-order valence-electron chi connectivity index (χ1n) is 10.0. The first kappa shape index (κ1) is 17.0. The number of nitrogens with zero attached hydrogens (tertiary/aromatic N) is 2. The molecule has 2 heterocycles. The van der Waals surface area contributed by atoms with Crippen LogP contribution in [0.25, 0.3) is 0 Å². The third kappa shape index (κ3) is 3.90. The predicted octanol–water partition coefficient (Wildman–Crippen LogP) is 3.28. The molecule has 4 nitrogen and oxygen atoms in total. The fourth-order valence-corrected chi connectivity index (χ4v) is 4.73. The molecule has 1 amide bonds. The molecule has 1 aromatic carbocycles. The minimum atomic E-state index is 0.146. The van der Waals surface area contributed by atoms with Crippen LogP contribution in [0.4, 0.5) is 0 Å². The summed E-state index contributed by atoms with van der Waals surface area (Å²) >= 11 is 0. The Labute approximate surface area is 151 Å². The third-order valence-corrected chi connectivity index (χ3v) is 6.28. The second-order valence-electron chi connectivity index (χ2n) is 7.78. The summed E-state index contributed by atoms with van der Waals surface area (Å²) in [5.41, 5.74) is 2.23. The molecule has 4 heteroatoms. The number of hydrogen-bond donors (Lipinski definition) is 0. The molecule has 0 aromatic heterocycles. The summed E-state index contributed by atoms with van der Waals surface area (Å²) in [5.74, 6) is 0.819. The van der Waals surface area contributed by atoms with Crippen molar-refractivity contribution >= 4 is 5.91 Å². The SMILES string of the molecule is O=C(c1ccc(C2CCC(N3CCCC3)CC2)cc1)N1CCOCC1. The highest BCUT2D eigenvalue weighted by atomic mass is 16.5. The minimum absolute atomic E-state index is 0.146. The molecule has 0 N–H and O–H groups in total. The van der Waals surface area contributed by atoms with Crippen molar-refractivity contribution in [2.24, 2.45) is 0 Å². The number of benzene rings is 1. The van der Waals surface area contributed by atoms with Crippen molar-refractivity contribution in [1.82, 2.24) is 9.80 Å². The lowest BCUT2D eigenvalue weighted by Gasteiger charge is -2.34. The first-order chi connectivity index (χ1) is 12.3. The smallest absolute Gasteiger partial charge is 0.254 e. The lowest BCUT2D eigenvalue weighted by molar-refractivity contribution is 0.0303. The highest BCUT2D eigenvalue weighted by Crippen LogP contribution is 2.35. The van der Waals surface area contributed by atoms with E-state index in [1.165, 1.54) is 57.2 Å². The van der Waals surface area contributed by atoms with Gasteiger partial charge in [-0.15, -0.1) is 0 Å². The minimum Gasteiger partial charge on any atom is -0.378 e. The highest BCUT2D eigenvalue weighted by Gasteiger charge is 2.28. The average molecular weight is 342 g/mol. The second kappa shape index (κ2) is 7.88. The lowest BCUT2D eigenvalue weighted by atomic mass is 9.81. The molecule has 3 aliphatic rings. The van der Waals surface area contributed by atoms with Crippen LogP contribution < -0.4 is 0 Å². The van der Waals surface area contributed by atoms with Gasteiger partial charge in [0.15, 0.2) is 0 Å². The number of ether oxygens (including phenoxy) is 1. The molecular weight excluding hydrogens is 312 g/mol. The summed E-state index contributed by atoms with van der Waals surface area (Å²) in [6.07, 6.45) is 8.02. The fourth-order valence-electron chi connectivity index (χ4n) is 4.73. The van der Waals surface area contributed by atoms with E-state index in [2.05, 4.69) is 17.0 Å². The number of likely N-dealkylation sites (tertiary alicyclic amines) is 1. The Morgan fingerprint density at radius 3 is 2.16 bits per heavy atom. The molecule has 2 saturated heterocycles. The molecule has 136 valence electrons. The van der Waals surface area contributed by atoms with Crippen molar-refractivity contribution in [1.29, 1.82) is 0 Å². The van der Waals surface area contributed by atoms with E-state index in [0.29, 0.717) is 32.2 Å². The maximum atomic E-state index is 12.5. The Bertz CT molecular complexity index is 566. The van der Waals surface area contributed by atoms with E-state index in [1.54, 1.807) is 0 Å². The van der Waals surface area contributed by atoms with Gasteiger partial charge in [-0.2, -0.15) is 0 Å². The van der Waals surface area contributed by atoms with Crippen LogP contribution in [0.2, 0.25) is 0 Å². The van der Waals surface area contributed by atoms with Gasteiger partial charge in [-0.3, -0.25) is 4.79 Å². The van der Waals surface area contributed by atoms with E-state index in [9.17, 15) is 4.79 Å². The second-order valence-corrected chi connectivity index (χ2v) is 7.78. The van der Waals surface area contributed by atoms with Crippen LogP contribution in [0.15, 0.2) is 24.3 Å². The zero-order valence-electron chi connectivity index (χ0n) is 15.2. The number of carbonyl (C=O) groups excluding carboxylic acids is 1. The van der Waals surface area contributed by atoms with Gasteiger partial charge in [0, 0.05) is 24.7 Å². The molecule has 3 fully saturated rings. The molecule has 0 spiro atoms. The first-order valence-corrected chi connectivity index (χ1v) is 10.0. The Morgan fingerprint density at radius 2 is 1.52 bits per heavy atom. The van der Waals surface area contributed by atoms with E-state index in [1.807, 2.05) is 17.0 Å². The summed E-state index contributed by atoms with van der Waals surface area (Å²) in [6.45, 7) is 5.36. The van der Waals surface area contributed by atoms with Gasteiger partial charge in [0.05, 0.1) is 13.2 Å². The Hall–Kier alpha value is -1.39. The summed E-state index contributed by atoms with van der Waals surface area (Å²) in [6, 6.07) is 9.25. The molecule has 25 heavy (non-hydrogen) atoms. The Morgan fingerprint density at radius 1 is 0.880 bits per heavy atom. The fraction of sp³-hybridized carbons (Fsp3) is 0.667. The van der Waals surface area contributed by atoms with Crippen LogP contribution in [0.3, 0.4) is 0 Å². The molecule has 0 unspecified atom stereocenters. The van der Waals surface area contributed by atoms with Crippen LogP contribution in [-0.4, -0.2) is 61.1 Å². The molecule has 1 saturated carbocycles. The molecule has 0 radical (unpaired) electrons.